The van der Waals surface area contributed by atoms with Crippen molar-refractivity contribution >= 4 is 15.8 Å². The van der Waals surface area contributed by atoms with Gasteiger partial charge in [0.25, 0.3) is 0 Å². The minimum atomic E-state index is -3.49. The Hall–Kier alpha value is -1.20. The van der Waals surface area contributed by atoms with E-state index in [-0.39, 0.29) is 11.8 Å². The molecule has 0 N–H and O–H groups in total. The van der Waals surface area contributed by atoms with Crippen molar-refractivity contribution in [2.45, 2.75) is 37.1 Å². The van der Waals surface area contributed by atoms with Gasteiger partial charge in [-0.05, 0) is 31.0 Å². The third kappa shape index (κ3) is 2.47. The summed E-state index contributed by atoms with van der Waals surface area (Å²) in [6.45, 7) is 1.86. The Morgan fingerprint density at radius 3 is 2.61 bits per heavy atom. The molecule has 0 amide bonds. The van der Waals surface area contributed by atoms with E-state index >= 15 is 0 Å². The van der Waals surface area contributed by atoms with E-state index in [9.17, 15) is 13.2 Å². The summed E-state index contributed by atoms with van der Waals surface area (Å²) in [7, 11) is -1.93. The molecule has 1 aromatic rings. The van der Waals surface area contributed by atoms with Crippen molar-refractivity contribution in [1.82, 2.24) is 4.31 Å². The Labute approximate surface area is 108 Å². The number of hydrogen-bond donors (Lipinski definition) is 0. The average molecular weight is 267 g/mol. The number of ketones is 1. The predicted octanol–water partition coefficient (Wildman–Crippen LogP) is 1.74. The minimum absolute atomic E-state index is 0.145. The van der Waals surface area contributed by atoms with Crippen molar-refractivity contribution in [2.75, 3.05) is 7.05 Å². The molecule has 1 fully saturated rings. The number of carbonyl (C=O) groups is 1. The Morgan fingerprint density at radius 2 is 2.06 bits per heavy atom. The van der Waals surface area contributed by atoms with Crippen LogP contribution in [0.3, 0.4) is 0 Å². The van der Waals surface area contributed by atoms with E-state index in [4.69, 9.17) is 0 Å². The third-order valence-electron chi connectivity index (χ3n) is 3.40. The molecule has 0 aliphatic heterocycles. The van der Waals surface area contributed by atoms with E-state index in [0.717, 1.165) is 5.56 Å². The van der Waals surface area contributed by atoms with Gasteiger partial charge in [-0.1, -0.05) is 12.1 Å². The summed E-state index contributed by atoms with van der Waals surface area (Å²) < 4.78 is 26.1. The normalized spacial score (nSPS) is 20.6. The summed E-state index contributed by atoms with van der Waals surface area (Å²) in [5, 5.41) is 0. The van der Waals surface area contributed by atoms with Crippen LogP contribution in [0.1, 0.15) is 24.8 Å². The van der Waals surface area contributed by atoms with Crippen LogP contribution in [0.2, 0.25) is 0 Å². The second kappa shape index (κ2) is 4.82. The molecule has 1 atom stereocenters. The molecular formula is C13H17NO3S. The molecule has 0 aromatic heterocycles. The summed E-state index contributed by atoms with van der Waals surface area (Å²) in [5.41, 5.74) is 0.909. The number of Topliss-reactive ketones (excluding diaryl/α,β-unsaturated/α-hetero) is 1. The van der Waals surface area contributed by atoms with E-state index < -0.39 is 10.0 Å². The second-order valence-electron chi connectivity index (χ2n) is 4.77. The molecule has 0 spiro atoms. The topological polar surface area (TPSA) is 54.5 Å². The van der Waals surface area contributed by atoms with E-state index in [0.29, 0.717) is 24.2 Å². The first-order chi connectivity index (χ1) is 8.41. The lowest BCUT2D eigenvalue weighted by molar-refractivity contribution is -0.117. The van der Waals surface area contributed by atoms with Crippen molar-refractivity contribution in [3.8, 4) is 0 Å². The Kier molecular flexibility index (Phi) is 3.54. The average Bonchev–Trinajstić information content (AvgIpc) is 2.74. The van der Waals surface area contributed by atoms with Crippen LogP contribution < -0.4 is 0 Å². The van der Waals surface area contributed by atoms with Crippen LogP contribution in [0.4, 0.5) is 0 Å². The van der Waals surface area contributed by atoms with Gasteiger partial charge in [0.15, 0.2) is 0 Å². The van der Waals surface area contributed by atoms with Gasteiger partial charge in [0, 0.05) is 25.9 Å². The molecule has 5 heteroatoms. The smallest absolute Gasteiger partial charge is 0.243 e. The quantitative estimate of drug-likeness (QED) is 0.838. The number of sulfonamides is 1. The molecule has 1 aliphatic carbocycles. The van der Waals surface area contributed by atoms with Gasteiger partial charge in [-0.2, -0.15) is 4.31 Å². The summed E-state index contributed by atoms with van der Waals surface area (Å²) in [6.07, 6.45) is 1.44. The molecule has 1 aromatic carbocycles. The summed E-state index contributed by atoms with van der Waals surface area (Å²) in [4.78, 5) is 11.5. The highest BCUT2D eigenvalue weighted by atomic mass is 32.2. The van der Waals surface area contributed by atoms with Gasteiger partial charge >= 0.3 is 0 Å². The molecule has 0 saturated heterocycles. The highest BCUT2D eigenvalue weighted by Gasteiger charge is 2.33. The first kappa shape index (κ1) is 13.2. The number of rotatable bonds is 3. The van der Waals surface area contributed by atoms with Crippen molar-refractivity contribution in [3.05, 3.63) is 29.8 Å². The fourth-order valence-corrected chi connectivity index (χ4v) is 3.73. The van der Waals surface area contributed by atoms with Gasteiger partial charge in [0.2, 0.25) is 10.0 Å². The van der Waals surface area contributed by atoms with Gasteiger partial charge in [-0.3, -0.25) is 4.79 Å². The molecule has 18 heavy (non-hydrogen) atoms. The second-order valence-corrected chi connectivity index (χ2v) is 6.77. The Bertz CT molecular complexity index is 565. The highest BCUT2D eigenvalue weighted by molar-refractivity contribution is 7.89. The maximum atomic E-state index is 12.4. The van der Waals surface area contributed by atoms with Gasteiger partial charge in [0.1, 0.15) is 5.78 Å². The molecule has 2 rings (SSSR count). The van der Waals surface area contributed by atoms with E-state index in [2.05, 4.69) is 0 Å². The van der Waals surface area contributed by atoms with Crippen LogP contribution in [0.15, 0.2) is 29.2 Å². The molecule has 1 aliphatic rings. The number of carbonyl (C=O) groups excluding carboxylic acids is 1. The Morgan fingerprint density at radius 1 is 1.33 bits per heavy atom. The molecule has 0 bridgehead atoms. The number of nitrogens with zero attached hydrogens (tertiary/aromatic N) is 1. The van der Waals surface area contributed by atoms with Crippen LogP contribution in [-0.4, -0.2) is 31.6 Å². The molecule has 1 unspecified atom stereocenters. The third-order valence-corrected chi connectivity index (χ3v) is 5.31. The van der Waals surface area contributed by atoms with E-state index in [1.54, 1.807) is 25.2 Å². The monoisotopic (exact) mass is 267 g/mol. The van der Waals surface area contributed by atoms with Crippen LogP contribution in [0.5, 0.6) is 0 Å². The Balaban J connectivity index is 2.28. The van der Waals surface area contributed by atoms with Gasteiger partial charge in [0.05, 0.1) is 4.90 Å². The zero-order chi connectivity index (χ0) is 13.3. The zero-order valence-corrected chi connectivity index (χ0v) is 11.4. The highest BCUT2D eigenvalue weighted by Crippen LogP contribution is 2.25. The van der Waals surface area contributed by atoms with Crippen LogP contribution in [0.25, 0.3) is 0 Å². The fraction of sp³-hybridized carbons (Fsp3) is 0.462. The largest absolute Gasteiger partial charge is 0.300 e. The predicted molar refractivity (Wildman–Crippen MR) is 68.8 cm³/mol. The van der Waals surface area contributed by atoms with Crippen molar-refractivity contribution in [2.24, 2.45) is 0 Å². The summed E-state index contributed by atoms with van der Waals surface area (Å²) in [5.74, 6) is 0.145. The van der Waals surface area contributed by atoms with Crippen LogP contribution >= 0.6 is 0 Å². The lowest BCUT2D eigenvalue weighted by atomic mass is 10.2. The van der Waals surface area contributed by atoms with E-state index in [1.807, 2.05) is 13.0 Å². The number of hydrogen-bond acceptors (Lipinski definition) is 3. The molecule has 0 radical (unpaired) electrons. The maximum Gasteiger partial charge on any atom is 0.243 e. The van der Waals surface area contributed by atoms with Crippen molar-refractivity contribution < 1.29 is 13.2 Å². The van der Waals surface area contributed by atoms with Crippen molar-refractivity contribution in [1.29, 1.82) is 0 Å². The van der Waals surface area contributed by atoms with E-state index in [1.165, 1.54) is 4.31 Å². The lowest BCUT2D eigenvalue weighted by Crippen LogP contribution is -2.35. The van der Waals surface area contributed by atoms with Crippen molar-refractivity contribution in [3.63, 3.8) is 0 Å². The molecule has 1 saturated carbocycles. The van der Waals surface area contributed by atoms with Gasteiger partial charge in [-0.15, -0.1) is 0 Å². The van der Waals surface area contributed by atoms with Gasteiger partial charge < -0.3 is 0 Å². The molecule has 0 heterocycles. The lowest BCUT2D eigenvalue weighted by Gasteiger charge is -2.23. The SMILES string of the molecule is Cc1cccc(S(=O)(=O)N(C)C2CCC(=O)C2)c1. The van der Waals surface area contributed by atoms with Crippen LogP contribution in [0, 0.1) is 6.92 Å². The number of aryl methyl sites for hydroxylation is 1. The standard InChI is InChI=1S/C13H17NO3S/c1-10-4-3-5-13(8-10)18(16,17)14(2)11-6-7-12(15)9-11/h3-5,8,11H,6-7,9H2,1-2H3. The van der Waals surface area contributed by atoms with Gasteiger partial charge in [-0.25, -0.2) is 8.42 Å². The first-order valence-corrected chi connectivity index (χ1v) is 7.41. The summed E-state index contributed by atoms with van der Waals surface area (Å²) >= 11 is 0. The first-order valence-electron chi connectivity index (χ1n) is 5.97. The molecular weight excluding hydrogens is 250 g/mol. The maximum absolute atomic E-state index is 12.4. The molecule has 4 nitrogen and oxygen atoms in total. The molecule has 98 valence electrons. The minimum Gasteiger partial charge on any atom is -0.300 e. The number of benzene rings is 1. The summed E-state index contributed by atoms with van der Waals surface area (Å²) in [6, 6.07) is 6.65. The van der Waals surface area contributed by atoms with Crippen LogP contribution in [-0.2, 0) is 14.8 Å². The zero-order valence-electron chi connectivity index (χ0n) is 10.6. The fourth-order valence-electron chi connectivity index (χ4n) is 2.24.